The number of hydrogen-bond donors (Lipinski definition) is 2. The van der Waals surface area contributed by atoms with Crippen LogP contribution in [0.25, 0.3) is 0 Å². The van der Waals surface area contributed by atoms with Gasteiger partial charge in [0.15, 0.2) is 0 Å². The molecule has 0 heterocycles. The Morgan fingerprint density at radius 3 is 2.22 bits per heavy atom. The lowest BCUT2D eigenvalue weighted by Gasteiger charge is -2.13. The van der Waals surface area contributed by atoms with Gasteiger partial charge in [0.1, 0.15) is 0 Å². The number of benzene rings is 1. The molecule has 0 radical (unpaired) electrons. The Balaban J connectivity index is 2.78. The van der Waals surface area contributed by atoms with E-state index < -0.39 is 15.8 Å². The second kappa shape index (κ2) is 6.10. The van der Waals surface area contributed by atoms with Gasteiger partial charge < -0.3 is 5.32 Å². The summed E-state index contributed by atoms with van der Waals surface area (Å²) >= 11 is 0. The van der Waals surface area contributed by atoms with Gasteiger partial charge in [-0.1, -0.05) is 19.1 Å². The number of anilines is 1. The van der Waals surface area contributed by atoms with E-state index >= 15 is 0 Å². The number of nitrogens with one attached hydrogen (secondary N) is 2. The van der Waals surface area contributed by atoms with Crippen LogP contribution in [-0.2, 0) is 10.0 Å². The molecule has 1 unspecified atom stereocenters. The molecule has 0 aliphatic carbocycles. The zero-order valence-corrected chi connectivity index (χ0v) is 11.0. The molecule has 0 aliphatic heterocycles. The molecule has 2 N–H and O–H groups in total. The summed E-state index contributed by atoms with van der Waals surface area (Å²) in [4.78, 5) is 0. The topological polar surface area (TPSA) is 58.2 Å². The van der Waals surface area contributed by atoms with Crippen LogP contribution in [0.2, 0.25) is 0 Å². The van der Waals surface area contributed by atoms with Crippen molar-refractivity contribution in [3.8, 4) is 0 Å². The standard InChI is InChI=1S/C11H16F2N2O2S/c1-3-14-8(2)9-4-6-10(7-5-9)15-18(16,17)11(12)13/h4-8,11,14-15H,3H2,1-2H3. The summed E-state index contributed by atoms with van der Waals surface area (Å²) in [5.74, 6) is -3.43. The van der Waals surface area contributed by atoms with Gasteiger partial charge in [-0.15, -0.1) is 0 Å². The summed E-state index contributed by atoms with van der Waals surface area (Å²) < 4.78 is 48.0. The maximum absolute atomic E-state index is 12.1. The van der Waals surface area contributed by atoms with Gasteiger partial charge in [-0.2, -0.15) is 8.78 Å². The molecular formula is C11H16F2N2O2S. The van der Waals surface area contributed by atoms with Crippen molar-refractivity contribution in [1.29, 1.82) is 0 Å². The molecule has 18 heavy (non-hydrogen) atoms. The van der Waals surface area contributed by atoms with Crippen molar-refractivity contribution in [2.45, 2.75) is 25.6 Å². The van der Waals surface area contributed by atoms with E-state index in [1.54, 1.807) is 12.1 Å². The summed E-state index contributed by atoms with van der Waals surface area (Å²) in [6.45, 7) is 4.74. The van der Waals surface area contributed by atoms with Gasteiger partial charge in [0.25, 0.3) is 10.0 Å². The first kappa shape index (κ1) is 14.8. The molecule has 1 aromatic rings. The summed E-state index contributed by atoms with van der Waals surface area (Å²) in [6.07, 6.45) is 0. The Bertz CT molecular complexity index is 474. The monoisotopic (exact) mass is 278 g/mol. The van der Waals surface area contributed by atoms with Crippen LogP contribution in [0, 0.1) is 0 Å². The minimum atomic E-state index is -4.59. The van der Waals surface area contributed by atoms with Crippen LogP contribution >= 0.6 is 0 Å². The first-order valence-electron chi connectivity index (χ1n) is 5.50. The molecule has 1 atom stereocenters. The van der Waals surface area contributed by atoms with E-state index in [1.165, 1.54) is 12.1 Å². The van der Waals surface area contributed by atoms with E-state index in [0.29, 0.717) is 0 Å². The Hall–Kier alpha value is -1.21. The van der Waals surface area contributed by atoms with Gasteiger partial charge >= 0.3 is 5.76 Å². The average molecular weight is 278 g/mol. The minimum Gasteiger partial charge on any atom is -0.310 e. The van der Waals surface area contributed by atoms with Crippen LogP contribution in [0.4, 0.5) is 14.5 Å². The molecule has 0 amide bonds. The molecule has 0 fully saturated rings. The number of halogens is 2. The summed E-state index contributed by atoms with van der Waals surface area (Å²) in [5.41, 5.74) is 1.08. The quantitative estimate of drug-likeness (QED) is 0.839. The largest absolute Gasteiger partial charge is 0.355 e. The molecule has 0 spiro atoms. The van der Waals surface area contributed by atoms with E-state index in [0.717, 1.165) is 12.1 Å². The van der Waals surface area contributed by atoms with Crippen LogP contribution in [0.1, 0.15) is 25.5 Å². The van der Waals surface area contributed by atoms with Gasteiger partial charge in [0.05, 0.1) is 0 Å². The molecule has 0 saturated carbocycles. The third kappa shape index (κ3) is 3.92. The predicted octanol–water partition coefficient (Wildman–Crippen LogP) is 2.32. The third-order valence-electron chi connectivity index (χ3n) is 2.42. The van der Waals surface area contributed by atoms with Crippen molar-refractivity contribution in [2.24, 2.45) is 0 Å². The number of rotatable bonds is 6. The zero-order chi connectivity index (χ0) is 13.8. The molecule has 7 heteroatoms. The summed E-state index contributed by atoms with van der Waals surface area (Å²) in [7, 11) is -4.59. The van der Waals surface area contributed by atoms with E-state index in [9.17, 15) is 17.2 Å². The Kier molecular flexibility index (Phi) is 5.03. The lowest BCUT2D eigenvalue weighted by atomic mass is 10.1. The summed E-state index contributed by atoms with van der Waals surface area (Å²) in [5, 5.41) is 3.19. The third-order valence-corrected chi connectivity index (χ3v) is 3.41. The fourth-order valence-corrected chi connectivity index (χ4v) is 2.03. The SMILES string of the molecule is CCNC(C)c1ccc(NS(=O)(=O)C(F)F)cc1. The first-order valence-corrected chi connectivity index (χ1v) is 7.04. The van der Waals surface area contributed by atoms with Crippen LogP contribution in [0.15, 0.2) is 24.3 Å². The van der Waals surface area contributed by atoms with Gasteiger partial charge in [-0.25, -0.2) is 8.42 Å². The lowest BCUT2D eigenvalue weighted by molar-refractivity contribution is 0.236. The fraction of sp³-hybridized carbons (Fsp3) is 0.455. The molecule has 1 rings (SSSR count). The van der Waals surface area contributed by atoms with E-state index in [2.05, 4.69) is 5.32 Å². The Labute approximate surface area is 105 Å². The maximum Gasteiger partial charge on any atom is 0.355 e. The number of sulfonamides is 1. The van der Waals surface area contributed by atoms with Gasteiger partial charge in [-0.3, -0.25) is 4.72 Å². The Morgan fingerprint density at radius 1 is 1.22 bits per heavy atom. The molecule has 0 aliphatic rings. The van der Waals surface area contributed by atoms with Gasteiger partial charge in [-0.05, 0) is 31.2 Å². The van der Waals surface area contributed by atoms with E-state index in [-0.39, 0.29) is 11.7 Å². The van der Waals surface area contributed by atoms with Crippen LogP contribution < -0.4 is 10.0 Å². The average Bonchev–Trinajstić information content (AvgIpc) is 2.29. The molecule has 0 bridgehead atoms. The van der Waals surface area contributed by atoms with Crippen molar-refractivity contribution < 1.29 is 17.2 Å². The minimum absolute atomic E-state index is 0.121. The highest BCUT2D eigenvalue weighted by atomic mass is 32.2. The smallest absolute Gasteiger partial charge is 0.310 e. The number of alkyl halides is 2. The van der Waals surface area contributed by atoms with E-state index in [4.69, 9.17) is 0 Å². The normalized spacial score (nSPS) is 13.6. The molecule has 0 saturated heterocycles. The Morgan fingerprint density at radius 2 is 1.78 bits per heavy atom. The highest BCUT2D eigenvalue weighted by Crippen LogP contribution is 2.18. The second-order valence-electron chi connectivity index (χ2n) is 3.81. The lowest BCUT2D eigenvalue weighted by Crippen LogP contribution is -2.20. The fourth-order valence-electron chi connectivity index (χ4n) is 1.47. The maximum atomic E-state index is 12.1. The highest BCUT2D eigenvalue weighted by molar-refractivity contribution is 7.93. The van der Waals surface area contributed by atoms with Crippen LogP contribution in [0.3, 0.4) is 0 Å². The van der Waals surface area contributed by atoms with Gasteiger partial charge in [0.2, 0.25) is 0 Å². The van der Waals surface area contributed by atoms with Crippen molar-refractivity contribution in [1.82, 2.24) is 5.32 Å². The summed E-state index contributed by atoms with van der Waals surface area (Å²) in [6, 6.07) is 6.43. The van der Waals surface area contributed by atoms with Gasteiger partial charge in [0, 0.05) is 11.7 Å². The highest BCUT2D eigenvalue weighted by Gasteiger charge is 2.23. The van der Waals surface area contributed by atoms with Crippen molar-refractivity contribution in [3.05, 3.63) is 29.8 Å². The van der Waals surface area contributed by atoms with Crippen molar-refractivity contribution in [3.63, 3.8) is 0 Å². The first-order chi connectivity index (χ1) is 8.36. The number of hydrogen-bond acceptors (Lipinski definition) is 3. The van der Waals surface area contributed by atoms with E-state index in [1.807, 2.05) is 18.6 Å². The molecule has 102 valence electrons. The van der Waals surface area contributed by atoms with Crippen LogP contribution in [0.5, 0.6) is 0 Å². The molecule has 0 aromatic heterocycles. The molecular weight excluding hydrogens is 262 g/mol. The molecule has 1 aromatic carbocycles. The molecule has 4 nitrogen and oxygen atoms in total. The van der Waals surface area contributed by atoms with Crippen molar-refractivity contribution >= 4 is 15.7 Å². The zero-order valence-electron chi connectivity index (χ0n) is 10.2. The second-order valence-corrected chi connectivity index (χ2v) is 5.46. The van der Waals surface area contributed by atoms with Crippen LogP contribution in [-0.4, -0.2) is 20.7 Å². The predicted molar refractivity (Wildman–Crippen MR) is 67.1 cm³/mol. The van der Waals surface area contributed by atoms with Crippen molar-refractivity contribution in [2.75, 3.05) is 11.3 Å².